The molecule has 3 aromatic heterocycles. The lowest BCUT2D eigenvalue weighted by Gasteiger charge is -2.22. The Morgan fingerprint density at radius 3 is 2.86 bits per heavy atom. The van der Waals surface area contributed by atoms with Gasteiger partial charge in [-0.25, -0.2) is 14.6 Å². The van der Waals surface area contributed by atoms with Crippen LogP contribution in [0.2, 0.25) is 0 Å². The number of nitrogens with two attached hydrogens (primary N) is 1. The van der Waals surface area contributed by atoms with E-state index in [0.717, 1.165) is 17.9 Å². The van der Waals surface area contributed by atoms with Crippen LogP contribution in [0.25, 0.3) is 11.3 Å². The third-order valence-electron chi connectivity index (χ3n) is 5.05. The standard InChI is InChI=1S/C19H24N8O/c20-19-21-8-6-16(24-19)15-10-23-26(12-15)13-18(28)25-17-7-9-22-27(17)11-14-4-2-1-3-5-14/h6-10,12,14H,1-5,11,13H2,(H,25,28)(H2,20,21,24). The quantitative estimate of drug-likeness (QED) is 0.678. The maximum Gasteiger partial charge on any atom is 0.247 e. The fourth-order valence-corrected chi connectivity index (χ4v) is 3.64. The molecule has 1 amide bonds. The molecule has 3 N–H and O–H groups in total. The molecule has 0 radical (unpaired) electrons. The van der Waals surface area contributed by atoms with E-state index in [1.165, 1.54) is 32.1 Å². The second-order valence-corrected chi connectivity index (χ2v) is 7.18. The predicted molar refractivity (Wildman–Crippen MR) is 105 cm³/mol. The fourth-order valence-electron chi connectivity index (χ4n) is 3.64. The van der Waals surface area contributed by atoms with Gasteiger partial charge in [0.2, 0.25) is 11.9 Å². The van der Waals surface area contributed by atoms with Crippen molar-refractivity contribution in [1.82, 2.24) is 29.5 Å². The number of nitrogen functional groups attached to an aromatic ring is 1. The van der Waals surface area contributed by atoms with Gasteiger partial charge in [-0.15, -0.1) is 0 Å². The molecule has 1 aliphatic rings. The number of hydrogen-bond acceptors (Lipinski definition) is 6. The molecule has 3 heterocycles. The highest BCUT2D eigenvalue weighted by atomic mass is 16.2. The van der Waals surface area contributed by atoms with Crippen LogP contribution < -0.4 is 11.1 Å². The summed E-state index contributed by atoms with van der Waals surface area (Å²) in [5.74, 6) is 1.42. The Balaban J connectivity index is 1.37. The molecule has 0 bridgehead atoms. The molecule has 0 spiro atoms. The molecular formula is C19H24N8O. The minimum absolute atomic E-state index is 0.106. The molecular weight excluding hydrogens is 356 g/mol. The van der Waals surface area contributed by atoms with E-state index in [1.807, 2.05) is 10.7 Å². The van der Waals surface area contributed by atoms with Gasteiger partial charge in [-0.1, -0.05) is 19.3 Å². The number of amides is 1. The van der Waals surface area contributed by atoms with Gasteiger partial charge in [0.1, 0.15) is 12.4 Å². The van der Waals surface area contributed by atoms with Gasteiger partial charge in [0.15, 0.2) is 0 Å². The first-order valence-corrected chi connectivity index (χ1v) is 9.60. The van der Waals surface area contributed by atoms with Gasteiger partial charge in [-0.2, -0.15) is 10.2 Å². The minimum Gasteiger partial charge on any atom is -0.368 e. The normalized spacial score (nSPS) is 14.9. The first-order valence-electron chi connectivity index (χ1n) is 9.60. The van der Waals surface area contributed by atoms with Crippen molar-refractivity contribution in [3.63, 3.8) is 0 Å². The number of carbonyl (C=O) groups excluding carboxylic acids is 1. The maximum absolute atomic E-state index is 12.5. The summed E-state index contributed by atoms with van der Waals surface area (Å²) in [7, 11) is 0. The molecule has 0 unspecified atom stereocenters. The van der Waals surface area contributed by atoms with E-state index in [0.29, 0.717) is 11.6 Å². The lowest BCUT2D eigenvalue weighted by atomic mass is 9.89. The van der Waals surface area contributed by atoms with Crippen LogP contribution in [-0.4, -0.2) is 35.4 Å². The predicted octanol–water partition coefficient (Wildman–Crippen LogP) is 2.34. The van der Waals surface area contributed by atoms with Gasteiger partial charge >= 0.3 is 0 Å². The topological polar surface area (TPSA) is 117 Å². The van der Waals surface area contributed by atoms with Gasteiger partial charge in [-0.05, 0) is 24.8 Å². The van der Waals surface area contributed by atoms with Crippen LogP contribution in [0.4, 0.5) is 11.8 Å². The third kappa shape index (κ3) is 4.36. The van der Waals surface area contributed by atoms with Crippen LogP contribution in [0.1, 0.15) is 32.1 Å². The van der Waals surface area contributed by atoms with Crippen LogP contribution >= 0.6 is 0 Å². The summed E-state index contributed by atoms with van der Waals surface area (Å²) >= 11 is 0. The summed E-state index contributed by atoms with van der Waals surface area (Å²) in [6.07, 6.45) is 13.1. The smallest absolute Gasteiger partial charge is 0.247 e. The molecule has 9 heteroatoms. The molecule has 9 nitrogen and oxygen atoms in total. The zero-order valence-electron chi connectivity index (χ0n) is 15.7. The van der Waals surface area contributed by atoms with Crippen molar-refractivity contribution in [1.29, 1.82) is 0 Å². The molecule has 0 atom stereocenters. The van der Waals surface area contributed by atoms with Crippen molar-refractivity contribution in [3.05, 3.63) is 36.9 Å². The van der Waals surface area contributed by atoms with Gasteiger partial charge in [0.25, 0.3) is 0 Å². The highest BCUT2D eigenvalue weighted by Crippen LogP contribution is 2.26. The van der Waals surface area contributed by atoms with E-state index in [4.69, 9.17) is 5.73 Å². The van der Waals surface area contributed by atoms with Crippen LogP contribution in [0, 0.1) is 5.92 Å². The van der Waals surface area contributed by atoms with Gasteiger partial charge in [-0.3, -0.25) is 9.48 Å². The highest BCUT2D eigenvalue weighted by Gasteiger charge is 2.16. The van der Waals surface area contributed by atoms with Gasteiger partial charge in [0.05, 0.1) is 18.1 Å². The number of rotatable bonds is 6. The molecule has 146 valence electrons. The van der Waals surface area contributed by atoms with Gasteiger partial charge in [0, 0.05) is 30.6 Å². The Kier molecular flexibility index (Phi) is 5.31. The Morgan fingerprint density at radius 1 is 1.18 bits per heavy atom. The zero-order valence-corrected chi connectivity index (χ0v) is 15.7. The average Bonchev–Trinajstić information content (AvgIpc) is 3.32. The number of hydrogen-bond donors (Lipinski definition) is 2. The highest BCUT2D eigenvalue weighted by molar-refractivity contribution is 5.89. The van der Waals surface area contributed by atoms with E-state index < -0.39 is 0 Å². The minimum atomic E-state index is -0.151. The molecule has 3 aromatic rings. The van der Waals surface area contributed by atoms with Crippen molar-refractivity contribution < 1.29 is 4.79 Å². The van der Waals surface area contributed by atoms with Crippen molar-refractivity contribution in [3.8, 4) is 11.3 Å². The Morgan fingerprint density at radius 2 is 2.04 bits per heavy atom. The molecule has 1 fully saturated rings. The summed E-state index contributed by atoms with van der Waals surface area (Å²) in [6, 6.07) is 3.58. The second kappa shape index (κ2) is 8.20. The van der Waals surface area contributed by atoms with E-state index >= 15 is 0 Å². The summed E-state index contributed by atoms with van der Waals surface area (Å²) in [6.45, 7) is 0.957. The molecule has 1 saturated carbocycles. The maximum atomic E-state index is 12.5. The first kappa shape index (κ1) is 18.1. The summed E-state index contributed by atoms with van der Waals surface area (Å²) in [5, 5.41) is 11.6. The zero-order chi connectivity index (χ0) is 19.3. The molecule has 1 aliphatic carbocycles. The molecule has 28 heavy (non-hydrogen) atoms. The van der Waals surface area contributed by atoms with Crippen molar-refractivity contribution in [2.45, 2.75) is 45.2 Å². The van der Waals surface area contributed by atoms with E-state index in [-0.39, 0.29) is 18.4 Å². The van der Waals surface area contributed by atoms with Crippen LogP contribution in [0.5, 0.6) is 0 Å². The molecule has 0 saturated heterocycles. The fraction of sp³-hybridized carbons (Fsp3) is 0.421. The first-order chi connectivity index (χ1) is 13.7. The molecule has 0 aliphatic heterocycles. The van der Waals surface area contributed by atoms with Crippen molar-refractivity contribution in [2.75, 3.05) is 11.1 Å². The Bertz CT molecular complexity index is 941. The van der Waals surface area contributed by atoms with Crippen LogP contribution in [-0.2, 0) is 17.9 Å². The Hall–Kier alpha value is -3.23. The summed E-state index contributed by atoms with van der Waals surface area (Å²) in [4.78, 5) is 20.5. The average molecular weight is 380 g/mol. The molecule has 0 aromatic carbocycles. The number of anilines is 2. The lowest BCUT2D eigenvalue weighted by molar-refractivity contribution is -0.117. The van der Waals surface area contributed by atoms with E-state index in [1.54, 1.807) is 35.5 Å². The molecule has 4 rings (SSSR count). The van der Waals surface area contributed by atoms with E-state index in [9.17, 15) is 4.79 Å². The second-order valence-electron chi connectivity index (χ2n) is 7.18. The number of nitrogens with zero attached hydrogens (tertiary/aromatic N) is 6. The van der Waals surface area contributed by atoms with Crippen LogP contribution in [0.3, 0.4) is 0 Å². The summed E-state index contributed by atoms with van der Waals surface area (Å²) < 4.78 is 3.47. The van der Waals surface area contributed by atoms with Crippen LogP contribution in [0.15, 0.2) is 36.9 Å². The number of carbonyl (C=O) groups is 1. The summed E-state index contributed by atoms with van der Waals surface area (Å²) in [5.41, 5.74) is 7.07. The lowest BCUT2D eigenvalue weighted by Crippen LogP contribution is -2.23. The van der Waals surface area contributed by atoms with Crippen molar-refractivity contribution in [2.24, 2.45) is 5.92 Å². The Labute approximate surface area is 163 Å². The number of aromatic nitrogens is 6. The SMILES string of the molecule is Nc1nccc(-c2cnn(CC(=O)Nc3ccnn3CC3CCCCC3)c2)n1. The van der Waals surface area contributed by atoms with Crippen molar-refractivity contribution >= 4 is 17.7 Å². The largest absolute Gasteiger partial charge is 0.368 e. The monoisotopic (exact) mass is 380 g/mol. The van der Waals surface area contributed by atoms with Gasteiger partial charge < -0.3 is 11.1 Å². The number of nitrogens with one attached hydrogen (secondary N) is 1. The third-order valence-corrected chi connectivity index (χ3v) is 5.05. The van der Waals surface area contributed by atoms with E-state index in [2.05, 4.69) is 25.5 Å².